The number of sulfonamides is 1. The first-order valence-electron chi connectivity index (χ1n) is 11.0. The fraction of sp³-hybridized carbons (Fsp3) is 0.231. The van der Waals surface area contributed by atoms with Crippen molar-refractivity contribution >= 4 is 39.3 Å². The molecular formula is C26H24ClN3O3S2. The third-order valence-corrected chi connectivity index (χ3v) is 9.06. The van der Waals surface area contributed by atoms with Crippen molar-refractivity contribution in [3.05, 3.63) is 87.9 Å². The number of halogens is 1. The van der Waals surface area contributed by atoms with Crippen molar-refractivity contribution in [2.24, 2.45) is 0 Å². The summed E-state index contributed by atoms with van der Waals surface area (Å²) in [5.74, 6) is -0.107. The molecule has 3 aromatic rings. The van der Waals surface area contributed by atoms with Crippen LogP contribution in [0, 0.1) is 25.2 Å². The van der Waals surface area contributed by atoms with Crippen LogP contribution in [0.5, 0.6) is 0 Å². The van der Waals surface area contributed by atoms with Crippen LogP contribution in [-0.4, -0.2) is 49.7 Å². The molecule has 180 valence electrons. The first-order valence-corrected chi connectivity index (χ1v) is 13.7. The fourth-order valence-electron chi connectivity index (χ4n) is 3.98. The number of nitriles is 1. The fourth-order valence-corrected chi connectivity index (χ4v) is 7.28. The number of hydrogen-bond donors (Lipinski definition) is 0. The SMILES string of the molecule is Cc1cc(Cl)cc(Sc2ccc(C#N)cc2S(=O)(=O)N2CCN(C(=O)c3cccc(C)c3)CC2)c1. The number of benzene rings is 3. The van der Waals surface area contributed by atoms with Gasteiger partial charge in [-0.2, -0.15) is 9.57 Å². The lowest BCUT2D eigenvalue weighted by atomic mass is 10.1. The van der Waals surface area contributed by atoms with Crippen molar-refractivity contribution in [3.63, 3.8) is 0 Å². The molecular weight excluding hydrogens is 502 g/mol. The summed E-state index contributed by atoms with van der Waals surface area (Å²) >= 11 is 7.48. The van der Waals surface area contributed by atoms with Gasteiger partial charge < -0.3 is 4.90 Å². The zero-order chi connectivity index (χ0) is 25.2. The highest BCUT2D eigenvalue weighted by Crippen LogP contribution is 2.36. The minimum atomic E-state index is -3.90. The minimum Gasteiger partial charge on any atom is -0.336 e. The Hall–Kier alpha value is -2.83. The summed E-state index contributed by atoms with van der Waals surface area (Å²) in [4.78, 5) is 16.0. The van der Waals surface area contributed by atoms with Crippen LogP contribution in [0.15, 0.2) is 75.4 Å². The summed E-state index contributed by atoms with van der Waals surface area (Å²) in [5.41, 5.74) is 2.82. The van der Waals surface area contributed by atoms with E-state index in [1.807, 2.05) is 50.2 Å². The van der Waals surface area contributed by atoms with Crippen LogP contribution in [0.4, 0.5) is 0 Å². The van der Waals surface area contributed by atoms with Gasteiger partial charge in [0.05, 0.1) is 16.5 Å². The van der Waals surface area contributed by atoms with Crippen molar-refractivity contribution in [1.82, 2.24) is 9.21 Å². The first kappa shape index (κ1) is 25.3. The monoisotopic (exact) mass is 525 g/mol. The summed E-state index contributed by atoms with van der Waals surface area (Å²) in [6, 6.07) is 19.6. The smallest absolute Gasteiger partial charge is 0.253 e. The maximum atomic E-state index is 13.7. The lowest BCUT2D eigenvalue weighted by Crippen LogP contribution is -2.50. The van der Waals surface area contributed by atoms with Crippen LogP contribution < -0.4 is 0 Å². The molecule has 1 amide bonds. The summed E-state index contributed by atoms with van der Waals surface area (Å²) in [5, 5.41) is 9.96. The lowest BCUT2D eigenvalue weighted by molar-refractivity contribution is 0.0697. The van der Waals surface area contributed by atoms with Gasteiger partial charge in [-0.3, -0.25) is 4.79 Å². The van der Waals surface area contributed by atoms with Gasteiger partial charge in [-0.1, -0.05) is 41.1 Å². The van der Waals surface area contributed by atoms with Crippen molar-refractivity contribution in [2.45, 2.75) is 28.5 Å². The van der Waals surface area contributed by atoms with Crippen LogP contribution in [0.1, 0.15) is 27.0 Å². The number of rotatable bonds is 5. The largest absolute Gasteiger partial charge is 0.336 e. The highest BCUT2D eigenvalue weighted by molar-refractivity contribution is 8.00. The van der Waals surface area contributed by atoms with E-state index in [0.29, 0.717) is 28.6 Å². The number of carbonyl (C=O) groups excluding carboxylic acids is 1. The molecule has 1 aliphatic heterocycles. The maximum Gasteiger partial charge on any atom is 0.253 e. The molecule has 1 aliphatic rings. The van der Waals surface area contributed by atoms with E-state index in [1.165, 1.54) is 22.1 Å². The van der Waals surface area contributed by atoms with Gasteiger partial charge in [-0.15, -0.1) is 0 Å². The summed E-state index contributed by atoms with van der Waals surface area (Å²) in [6.07, 6.45) is 0. The standard InChI is InChI=1S/C26H24ClN3O3S2/c1-18-4-3-5-21(12-18)26(31)29-8-10-30(11-9-29)35(32,33)25-15-20(17-28)6-7-24(25)34-23-14-19(2)13-22(27)16-23/h3-7,12-16H,8-11H2,1-2H3. The molecule has 0 aromatic heterocycles. The molecule has 1 saturated heterocycles. The molecule has 0 aliphatic carbocycles. The third-order valence-electron chi connectivity index (χ3n) is 5.72. The Morgan fingerprint density at radius 3 is 2.37 bits per heavy atom. The van der Waals surface area contributed by atoms with E-state index in [-0.39, 0.29) is 29.5 Å². The minimum absolute atomic E-state index is 0.0811. The van der Waals surface area contributed by atoms with Crippen LogP contribution >= 0.6 is 23.4 Å². The van der Waals surface area contributed by atoms with Gasteiger partial charge in [-0.25, -0.2) is 8.42 Å². The van der Waals surface area contributed by atoms with Gasteiger partial charge in [-0.05, 0) is 67.9 Å². The number of nitrogens with zero attached hydrogens (tertiary/aromatic N) is 3. The second-order valence-corrected chi connectivity index (χ2v) is 11.9. The molecule has 1 heterocycles. The number of amides is 1. The Bertz CT molecular complexity index is 1410. The Kier molecular flexibility index (Phi) is 7.53. The molecule has 1 fully saturated rings. The van der Waals surface area contributed by atoms with E-state index < -0.39 is 10.0 Å². The predicted octanol–water partition coefficient (Wildman–Crippen LogP) is 5.13. The second-order valence-electron chi connectivity index (χ2n) is 8.41. The zero-order valence-corrected chi connectivity index (χ0v) is 21.8. The molecule has 4 rings (SSSR count). The Labute approximate surface area is 215 Å². The van der Waals surface area contributed by atoms with Crippen molar-refractivity contribution in [1.29, 1.82) is 5.26 Å². The van der Waals surface area contributed by atoms with Crippen molar-refractivity contribution < 1.29 is 13.2 Å². The first-order chi connectivity index (χ1) is 16.7. The quantitative estimate of drug-likeness (QED) is 0.461. The molecule has 0 bridgehead atoms. The van der Waals surface area contributed by atoms with Crippen LogP contribution in [0.2, 0.25) is 5.02 Å². The lowest BCUT2D eigenvalue weighted by Gasteiger charge is -2.34. The highest BCUT2D eigenvalue weighted by Gasteiger charge is 2.32. The van der Waals surface area contributed by atoms with Gasteiger partial charge >= 0.3 is 0 Å². The van der Waals surface area contributed by atoms with Gasteiger partial charge in [0.1, 0.15) is 0 Å². The molecule has 35 heavy (non-hydrogen) atoms. The summed E-state index contributed by atoms with van der Waals surface area (Å²) in [6.45, 7) is 4.79. The summed E-state index contributed by atoms with van der Waals surface area (Å²) in [7, 11) is -3.90. The van der Waals surface area contributed by atoms with E-state index in [0.717, 1.165) is 16.0 Å². The Balaban J connectivity index is 1.57. The molecule has 9 heteroatoms. The normalized spacial score (nSPS) is 14.5. The molecule has 0 radical (unpaired) electrons. The van der Waals surface area contributed by atoms with Crippen LogP contribution in [0.3, 0.4) is 0 Å². The van der Waals surface area contributed by atoms with Gasteiger partial charge in [0.15, 0.2) is 0 Å². The van der Waals surface area contributed by atoms with Crippen LogP contribution in [-0.2, 0) is 10.0 Å². The zero-order valence-electron chi connectivity index (χ0n) is 19.4. The van der Waals surface area contributed by atoms with E-state index in [2.05, 4.69) is 0 Å². The molecule has 3 aromatic carbocycles. The molecule has 0 saturated carbocycles. The van der Waals surface area contributed by atoms with Gasteiger partial charge in [0.2, 0.25) is 10.0 Å². The third kappa shape index (κ3) is 5.71. The average Bonchev–Trinajstić information content (AvgIpc) is 2.83. The van der Waals surface area contributed by atoms with Gasteiger partial charge in [0.25, 0.3) is 5.91 Å². The van der Waals surface area contributed by atoms with Crippen LogP contribution in [0.25, 0.3) is 0 Å². The van der Waals surface area contributed by atoms with Gasteiger partial charge in [0, 0.05) is 46.6 Å². The predicted molar refractivity (Wildman–Crippen MR) is 137 cm³/mol. The summed E-state index contributed by atoms with van der Waals surface area (Å²) < 4.78 is 28.7. The van der Waals surface area contributed by atoms with Crippen molar-refractivity contribution in [2.75, 3.05) is 26.2 Å². The maximum absolute atomic E-state index is 13.7. The molecule has 6 nitrogen and oxygen atoms in total. The Morgan fingerprint density at radius 2 is 1.71 bits per heavy atom. The van der Waals surface area contributed by atoms with E-state index in [1.54, 1.807) is 29.2 Å². The molecule has 0 atom stereocenters. The molecule has 0 unspecified atom stereocenters. The van der Waals surface area contributed by atoms with E-state index in [9.17, 15) is 18.5 Å². The highest BCUT2D eigenvalue weighted by atomic mass is 35.5. The number of aryl methyl sites for hydroxylation is 2. The number of carbonyl (C=O) groups is 1. The topological polar surface area (TPSA) is 81.5 Å². The second kappa shape index (κ2) is 10.4. The molecule has 0 spiro atoms. The van der Waals surface area contributed by atoms with E-state index >= 15 is 0 Å². The Morgan fingerprint density at radius 1 is 0.971 bits per heavy atom. The average molecular weight is 526 g/mol. The number of hydrogen-bond acceptors (Lipinski definition) is 5. The van der Waals surface area contributed by atoms with Crippen molar-refractivity contribution in [3.8, 4) is 6.07 Å². The van der Waals surface area contributed by atoms with E-state index in [4.69, 9.17) is 11.6 Å². The molecule has 0 N–H and O–H groups in total. The number of piperazine rings is 1.